The highest BCUT2D eigenvalue weighted by molar-refractivity contribution is 8.03. The van der Waals surface area contributed by atoms with Gasteiger partial charge in [0.15, 0.2) is 0 Å². The van der Waals surface area contributed by atoms with E-state index in [2.05, 4.69) is 14.6 Å². The lowest BCUT2D eigenvalue weighted by atomic mass is 10.0. The molecule has 9 heteroatoms. The van der Waals surface area contributed by atoms with Gasteiger partial charge < -0.3 is 5.11 Å². The van der Waals surface area contributed by atoms with Gasteiger partial charge in [0.1, 0.15) is 16.9 Å². The van der Waals surface area contributed by atoms with Crippen LogP contribution in [0, 0.1) is 0 Å². The van der Waals surface area contributed by atoms with Crippen LogP contribution in [0.5, 0.6) is 0 Å². The van der Waals surface area contributed by atoms with Crippen molar-refractivity contribution in [2.75, 3.05) is 0 Å². The summed E-state index contributed by atoms with van der Waals surface area (Å²) in [5, 5.41) is 10.3. The van der Waals surface area contributed by atoms with Gasteiger partial charge in [0, 0.05) is 18.4 Å². The monoisotopic (exact) mass is 343 g/mol. The molecule has 3 aliphatic rings. The SMILES string of the molecule is O=C(O)C1=CS[C@@H]2/C(=C\c3cn4c(n3)nc3n4CCCC3)C(=O)N12. The van der Waals surface area contributed by atoms with E-state index in [1.807, 2.05) is 10.7 Å². The molecule has 3 aliphatic heterocycles. The molecule has 0 aromatic carbocycles. The van der Waals surface area contributed by atoms with Crippen LogP contribution in [-0.2, 0) is 22.6 Å². The van der Waals surface area contributed by atoms with E-state index in [-0.39, 0.29) is 17.0 Å². The van der Waals surface area contributed by atoms with Gasteiger partial charge in [-0.15, -0.1) is 11.8 Å². The fourth-order valence-corrected chi connectivity index (χ4v) is 4.51. The van der Waals surface area contributed by atoms with Crippen molar-refractivity contribution in [2.45, 2.75) is 31.2 Å². The van der Waals surface area contributed by atoms with Gasteiger partial charge >= 0.3 is 5.97 Å². The number of carboxylic acid groups (broad SMARTS) is 1. The number of hydrogen-bond donors (Lipinski definition) is 1. The van der Waals surface area contributed by atoms with Crippen molar-refractivity contribution in [3.8, 4) is 0 Å². The molecule has 0 spiro atoms. The molecule has 0 saturated carbocycles. The van der Waals surface area contributed by atoms with Gasteiger partial charge in [-0.25, -0.2) is 14.3 Å². The molecule has 2 aromatic rings. The van der Waals surface area contributed by atoms with Crippen molar-refractivity contribution in [3.05, 3.63) is 34.4 Å². The van der Waals surface area contributed by atoms with E-state index in [1.165, 1.54) is 22.1 Å². The number of carboxylic acids is 1. The van der Waals surface area contributed by atoms with Crippen molar-refractivity contribution in [3.63, 3.8) is 0 Å². The highest BCUT2D eigenvalue weighted by Gasteiger charge is 2.49. The van der Waals surface area contributed by atoms with E-state index in [0.717, 1.165) is 31.6 Å². The van der Waals surface area contributed by atoms with Gasteiger partial charge in [0.25, 0.3) is 11.7 Å². The molecule has 1 atom stereocenters. The molecule has 0 radical (unpaired) electrons. The first-order valence-corrected chi connectivity index (χ1v) is 8.66. The summed E-state index contributed by atoms with van der Waals surface area (Å²) in [7, 11) is 0. The lowest BCUT2D eigenvalue weighted by Gasteiger charge is -2.36. The molecule has 8 nitrogen and oxygen atoms in total. The minimum Gasteiger partial charge on any atom is -0.477 e. The Balaban J connectivity index is 1.47. The molecule has 1 saturated heterocycles. The molecule has 122 valence electrons. The number of carbonyl (C=O) groups excluding carboxylic acids is 1. The number of nitrogens with zero attached hydrogens (tertiary/aromatic N) is 5. The summed E-state index contributed by atoms with van der Waals surface area (Å²) >= 11 is 1.33. The van der Waals surface area contributed by atoms with Crippen LogP contribution in [0.2, 0.25) is 0 Å². The number of aryl methyl sites for hydroxylation is 2. The zero-order valence-corrected chi connectivity index (χ0v) is 13.4. The van der Waals surface area contributed by atoms with Gasteiger partial charge in [0.2, 0.25) is 0 Å². The second-order valence-electron chi connectivity index (χ2n) is 5.99. The summed E-state index contributed by atoms with van der Waals surface area (Å²) in [5.74, 6) is 0.348. The fourth-order valence-electron chi connectivity index (χ4n) is 3.39. The predicted octanol–water partition coefficient (Wildman–Crippen LogP) is 1.09. The number of aliphatic carboxylic acids is 1. The Morgan fingerprint density at radius 3 is 3.08 bits per heavy atom. The lowest BCUT2D eigenvalue weighted by molar-refractivity contribution is -0.141. The van der Waals surface area contributed by atoms with Crippen LogP contribution in [0.15, 0.2) is 22.9 Å². The molecule has 0 aliphatic carbocycles. The molecule has 1 amide bonds. The number of imidazole rings is 1. The first kappa shape index (κ1) is 13.8. The third-order valence-electron chi connectivity index (χ3n) is 4.55. The van der Waals surface area contributed by atoms with Crippen LogP contribution in [0.3, 0.4) is 0 Å². The first-order chi connectivity index (χ1) is 11.6. The predicted molar refractivity (Wildman–Crippen MR) is 85.8 cm³/mol. The molecule has 1 fully saturated rings. The van der Waals surface area contributed by atoms with Gasteiger partial charge in [-0.3, -0.25) is 14.4 Å². The number of amides is 1. The third kappa shape index (κ3) is 1.75. The van der Waals surface area contributed by atoms with Crippen LogP contribution < -0.4 is 0 Å². The normalized spacial score (nSPS) is 24.1. The van der Waals surface area contributed by atoms with Crippen molar-refractivity contribution in [1.82, 2.24) is 24.1 Å². The Bertz CT molecular complexity index is 969. The summed E-state index contributed by atoms with van der Waals surface area (Å²) in [6.45, 7) is 0.926. The van der Waals surface area contributed by atoms with Crippen LogP contribution in [0.4, 0.5) is 0 Å². The Morgan fingerprint density at radius 1 is 1.38 bits per heavy atom. The van der Waals surface area contributed by atoms with Crippen LogP contribution in [0.1, 0.15) is 24.4 Å². The quantitative estimate of drug-likeness (QED) is 0.648. The van der Waals surface area contributed by atoms with Gasteiger partial charge in [-0.1, -0.05) is 0 Å². The number of hydrogen-bond acceptors (Lipinski definition) is 5. The zero-order valence-electron chi connectivity index (χ0n) is 12.5. The molecule has 2 aromatic heterocycles. The standard InChI is InChI=1S/C15H13N5O3S/c21-12-9(13-20(12)10(7-24-13)14(22)23)5-8-6-19-15(16-8)17-11-3-1-2-4-18(11)19/h5-7,13H,1-4H2,(H,22,23)/b9-5-/t13-/m1/s1. The van der Waals surface area contributed by atoms with Crippen LogP contribution >= 0.6 is 11.8 Å². The summed E-state index contributed by atoms with van der Waals surface area (Å²) in [6, 6.07) is 0. The average molecular weight is 343 g/mol. The molecule has 0 bridgehead atoms. The molecule has 24 heavy (non-hydrogen) atoms. The molecular weight excluding hydrogens is 330 g/mol. The average Bonchev–Trinajstić information content (AvgIpc) is 3.22. The van der Waals surface area contributed by atoms with Crippen LogP contribution in [-0.4, -0.2) is 46.4 Å². The van der Waals surface area contributed by atoms with Crippen molar-refractivity contribution >= 4 is 35.5 Å². The zero-order chi connectivity index (χ0) is 16.4. The number of carbonyl (C=O) groups is 2. The Kier molecular flexibility index (Phi) is 2.73. The molecule has 5 rings (SSSR count). The summed E-state index contributed by atoms with van der Waals surface area (Å²) in [6.07, 6.45) is 6.86. The van der Waals surface area contributed by atoms with E-state index < -0.39 is 5.97 Å². The summed E-state index contributed by atoms with van der Waals surface area (Å²) < 4.78 is 4.06. The molecule has 5 heterocycles. The van der Waals surface area contributed by atoms with E-state index in [0.29, 0.717) is 17.0 Å². The smallest absolute Gasteiger partial charge is 0.353 e. The van der Waals surface area contributed by atoms with Crippen molar-refractivity contribution in [1.29, 1.82) is 0 Å². The molecular formula is C15H13N5O3S. The summed E-state index contributed by atoms with van der Waals surface area (Å²) in [4.78, 5) is 33.7. The second-order valence-corrected chi connectivity index (χ2v) is 6.94. The number of thioether (sulfide) groups is 1. The lowest BCUT2D eigenvalue weighted by Crippen LogP contribution is -2.51. The maximum atomic E-state index is 12.2. The number of fused-ring (bicyclic) bond motifs is 4. The minimum atomic E-state index is -1.08. The summed E-state index contributed by atoms with van der Waals surface area (Å²) in [5.41, 5.74) is 1.29. The number of aromatic nitrogens is 4. The highest BCUT2D eigenvalue weighted by Crippen LogP contribution is 2.45. The fraction of sp³-hybridized carbons (Fsp3) is 0.333. The first-order valence-electron chi connectivity index (χ1n) is 7.72. The van der Waals surface area contributed by atoms with Crippen molar-refractivity contribution in [2.24, 2.45) is 0 Å². The highest BCUT2D eigenvalue weighted by atomic mass is 32.2. The Morgan fingerprint density at radius 2 is 2.25 bits per heavy atom. The maximum absolute atomic E-state index is 12.2. The number of β-lactam (4-membered cyclic amide) rings is 1. The van der Waals surface area contributed by atoms with Gasteiger partial charge in [-0.2, -0.15) is 4.98 Å². The third-order valence-corrected chi connectivity index (χ3v) is 5.63. The van der Waals surface area contributed by atoms with Crippen LogP contribution in [0.25, 0.3) is 11.9 Å². The van der Waals surface area contributed by atoms with E-state index in [9.17, 15) is 9.59 Å². The van der Waals surface area contributed by atoms with Crippen molar-refractivity contribution < 1.29 is 14.7 Å². The van der Waals surface area contributed by atoms with Gasteiger partial charge in [-0.05, 0) is 18.9 Å². The second kappa shape index (κ2) is 4.73. The number of rotatable bonds is 2. The molecule has 0 unspecified atom stereocenters. The Labute approximate surface area is 140 Å². The van der Waals surface area contributed by atoms with E-state index >= 15 is 0 Å². The maximum Gasteiger partial charge on any atom is 0.353 e. The van der Waals surface area contributed by atoms with Gasteiger partial charge in [0.05, 0.1) is 17.5 Å². The Hall–Kier alpha value is -2.55. The van der Waals surface area contributed by atoms with E-state index in [4.69, 9.17) is 5.11 Å². The minimum absolute atomic E-state index is 0.0436. The molecule has 1 N–H and O–H groups in total. The van der Waals surface area contributed by atoms with E-state index in [1.54, 1.807) is 6.08 Å². The topological polar surface area (TPSA) is 92.7 Å². The largest absolute Gasteiger partial charge is 0.477 e.